The topological polar surface area (TPSA) is 82.1 Å². The van der Waals surface area contributed by atoms with Gasteiger partial charge in [-0.15, -0.1) is 0 Å². The Morgan fingerprint density at radius 2 is 2.04 bits per heavy atom. The number of carbonyl (C=O) groups is 2. The van der Waals surface area contributed by atoms with Crippen LogP contribution >= 0.6 is 0 Å². The first-order valence-corrected chi connectivity index (χ1v) is 10.0. The molecule has 1 unspecified atom stereocenters. The predicted octanol–water partition coefficient (Wildman–Crippen LogP) is 2.77. The van der Waals surface area contributed by atoms with Gasteiger partial charge in [-0.3, -0.25) is 9.69 Å². The number of para-hydroxylation sites is 1. The highest BCUT2D eigenvalue weighted by atomic mass is 16.5. The molecule has 0 spiro atoms. The highest BCUT2D eigenvalue weighted by Crippen LogP contribution is 2.25. The molecule has 7 heteroatoms. The number of hydrogen-bond donors (Lipinski definition) is 2. The zero-order chi connectivity index (χ0) is 20.5. The zero-order valence-electron chi connectivity index (χ0n) is 17.2. The first-order valence-electron chi connectivity index (χ1n) is 10.0. The van der Waals surface area contributed by atoms with Crippen molar-refractivity contribution >= 4 is 12.0 Å². The van der Waals surface area contributed by atoms with Crippen molar-refractivity contribution in [1.82, 2.24) is 15.1 Å². The Bertz CT molecular complexity index is 650. The summed E-state index contributed by atoms with van der Waals surface area (Å²) in [4.78, 5) is 27.0. The summed E-state index contributed by atoms with van der Waals surface area (Å²) < 4.78 is 5.85. The largest absolute Gasteiger partial charge is 0.491 e. The first-order chi connectivity index (χ1) is 13.4. The number of hydrogen-bond acceptors (Lipinski definition) is 4. The smallest absolute Gasteiger partial charge is 0.317 e. The number of amides is 2. The van der Waals surface area contributed by atoms with Crippen LogP contribution in [-0.4, -0.2) is 72.8 Å². The molecule has 2 amide bonds. The Hall–Kier alpha value is -2.28. The second-order valence-corrected chi connectivity index (χ2v) is 7.65. The van der Waals surface area contributed by atoms with Gasteiger partial charge in [-0.1, -0.05) is 32.0 Å². The lowest BCUT2D eigenvalue weighted by Crippen LogP contribution is -2.42. The first kappa shape index (κ1) is 22.0. The van der Waals surface area contributed by atoms with Gasteiger partial charge in [0, 0.05) is 19.1 Å². The normalized spacial score (nSPS) is 17.5. The van der Waals surface area contributed by atoms with Crippen LogP contribution < -0.4 is 10.1 Å². The van der Waals surface area contributed by atoms with Crippen LogP contribution in [0.2, 0.25) is 0 Å². The molecule has 1 heterocycles. The average molecular weight is 392 g/mol. The monoisotopic (exact) mass is 391 g/mol. The number of ether oxygens (including phenoxy) is 1. The SMILES string of the molecule is CC(C)c1ccccc1OCCNC(=O)N1CCCC(N(C)CC(=O)O)CC1. The minimum atomic E-state index is -0.819. The number of aliphatic carboxylic acids is 1. The number of benzene rings is 1. The molecular weight excluding hydrogens is 358 g/mol. The van der Waals surface area contributed by atoms with E-state index in [1.54, 1.807) is 0 Å². The molecule has 28 heavy (non-hydrogen) atoms. The van der Waals surface area contributed by atoms with Crippen LogP contribution in [0, 0.1) is 0 Å². The van der Waals surface area contributed by atoms with Crippen molar-refractivity contribution in [2.45, 2.75) is 45.1 Å². The second kappa shape index (κ2) is 10.9. The van der Waals surface area contributed by atoms with E-state index in [1.165, 1.54) is 0 Å². The van der Waals surface area contributed by atoms with Crippen molar-refractivity contribution in [2.24, 2.45) is 0 Å². The maximum Gasteiger partial charge on any atom is 0.317 e. The Morgan fingerprint density at radius 3 is 2.75 bits per heavy atom. The van der Waals surface area contributed by atoms with Crippen LogP contribution in [0.3, 0.4) is 0 Å². The van der Waals surface area contributed by atoms with Gasteiger partial charge in [0.05, 0.1) is 13.1 Å². The summed E-state index contributed by atoms with van der Waals surface area (Å²) in [6.07, 6.45) is 2.57. The summed E-state index contributed by atoms with van der Waals surface area (Å²) in [5.41, 5.74) is 1.16. The number of rotatable bonds is 8. The molecule has 0 radical (unpaired) electrons. The Morgan fingerprint density at radius 1 is 1.29 bits per heavy atom. The van der Waals surface area contributed by atoms with Crippen molar-refractivity contribution in [3.8, 4) is 5.75 Å². The molecule has 7 nitrogen and oxygen atoms in total. The van der Waals surface area contributed by atoms with E-state index in [1.807, 2.05) is 35.0 Å². The Labute approximate surface area is 167 Å². The third kappa shape index (κ3) is 6.71. The number of carbonyl (C=O) groups excluding carboxylic acids is 1. The second-order valence-electron chi connectivity index (χ2n) is 7.65. The lowest BCUT2D eigenvalue weighted by Gasteiger charge is -2.25. The number of likely N-dealkylation sites (tertiary alicyclic amines) is 1. The van der Waals surface area contributed by atoms with Gasteiger partial charge in [-0.2, -0.15) is 0 Å². The van der Waals surface area contributed by atoms with Crippen LogP contribution in [0.5, 0.6) is 5.75 Å². The fourth-order valence-corrected chi connectivity index (χ4v) is 3.58. The molecule has 1 aromatic rings. The molecule has 1 saturated heterocycles. The third-order valence-electron chi connectivity index (χ3n) is 5.17. The maximum atomic E-state index is 12.4. The van der Waals surface area contributed by atoms with Gasteiger partial charge in [0.25, 0.3) is 0 Å². The van der Waals surface area contributed by atoms with E-state index < -0.39 is 5.97 Å². The van der Waals surface area contributed by atoms with E-state index in [0.717, 1.165) is 30.6 Å². The summed E-state index contributed by atoms with van der Waals surface area (Å²) in [6.45, 7) is 6.50. The number of carboxylic acids is 1. The molecule has 1 aromatic carbocycles. The fraction of sp³-hybridized carbons (Fsp3) is 0.619. The lowest BCUT2D eigenvalue weighted by atomic mass is 10.0. The van der Waals surface area contributed by atoms with Crippen LogP contribution in [0.25, 0.3) is 0 Å². The highest BCUT2D eigenvalue weighted by molar-refractivity contribution is 5.74. The molecule has 1 atom stereocenters. The summed E-state index contributed by atoms with van der Waals surface area (Å²) in [5, 5.41) is 11.9. The standard InChI is InChI=1S/C21H33N3O4/c1-16(2)18-8-4-5-9-19(18)28-14-11-22-21(27)24-12-6-7-17(10-13-24)23(3)15-20(25)26/h4-5,8-9,16-17H,6-7,10-15H2,1-3H3,(H,22,27)(H,25,26). The minimum Gasteiger partial charge on any atom is -0.491 e. The highest BCUT2D eigenvalue weighted by Gasteiger charge is 2.23. The van der Waals surface area contributed by atoms with Crippen molar-refractivity contribution in [3.63, 3.8) is 0 Å². The van der Waals surface area contributed by atoms with Gasteiger partial charge >= 0.3 is 12.0 Å². The molecule has 0 bridgehead atoms. The summed E-state index contributed by atoms with van der Waals surface area (Å²) in [6, 6.07) is 8.10. The summed E-state index contributed by atoms with van der Waals surface area (Å²) in [5.74, 6) is 0.432. The van der Waals surface area contributed by atoms with Gasteiger partial charge < -0.3 is 20.1 Å². The van der Waals surface area contributed by atoms with Crippen LogP contribution in [0.1, 0.15) is 44.6 Å². The van der Waals surface area contributed by atoms with Crippen LogP contribution in [-0.2, 0) is 4.79 Å². The molecule has 2 N–H and O–H groups in total. The Kier molecular flexibility index (Phi) is 8.57. The Balaban J connectivity index is 1.74. The van der Waals surface area contributed by atoms with E-state index in [0.29, 0.717) is 32.2 Å². The van der Waals surface area contributed by atoms with E-state index in [-0.39, 0.29) is 18.6 Å². The van der Waals surface area contributed by atoms with E-state index in [9.17, 15) is 9.59 Å². The minimum absolute atomic E-state index is 0.0338. The van der Waals surface area contributed by atoms with Gasteiger partial charge in [0.1, 0.15) is 12.4 Å². The third-order valence-corrected chi connectivity index (χ3v) is 5.17. The molecular formula is C21H33N3O4. The number of nitrogens with one attached hydrogen (secondary N) is 1. The van der Waals surface area contributed by atoms with Crippen molar-refractivity contribution in [3.05, 3.63) is 29.8 Å². The summed E-state index contributed by atoms with van der Waals surface area (Å²) in [7, 11) is 1.83. The fourth-order valence-electron chi connectivity index (χ4n) is 3.58. The van der Waals surface area contributed by atoms with Crippen molar-refractivity contribution in [2.75, 3.05) is 39.8 Å². The molecule has 2 rings (SSSR count). The number of nitrogens with zero attached hydrogens (tertiary/aromatic N) is 2. The average Bonchev–Trinajstić information content (AvgIpc) is 2.91. The summed E-state index contributed by atoms with van der Waals surface area (Å²) >= 11 is 0. The van der Waals surface area contributed by atoms with E-state index in [4.69, 9.17) is 9.84 Å². The quantitative estimate of drug-likeness (QED) is 0.666. The molecule has 156 valence electrons. The predicted molar refractivity (Wildman–Crippen MR) is 109 cm³/mol. The molecule has 0 aromatic heterocycles. The maximum absolute atomic E-state index is 12.4. The van der Waals surface area contributed by atoms with E-state index in [2.05, 4.69) is 25.2 Å². The zero-order valence-corrected chi connectivity index (χ0v) is 17.2. The molecule has 0 saturated carbocycles. The lowest BCUT2D eigenvalue weighted by molar-refractivity contribution is -0.138. The molecule has 1 fully saturated rings. The number of carboxylic acid groups (broad SMARTS) is 1. The van der Waals surface area contributed by atoms with E-state index >= 15 is 0 Å². The van der Waals surface area contributed by atoms with Gasteiger partial charge in [-0.25, -0.2) is 4.79 Å². The molecule has 1 aliphatic rings. The van der Waals surface area contributed by atoms with Gasteiger partial charge in [0.15, 0.2) is 0 Å². The van der Waals surface area contributed by atoms with Crippen molar-refractivity contribution in [1.29, 1.82) is 0 Å². The number of likely N-dealkylation sites (N-methyl/N-ethyl adjacent to an activating group) is 1. The molecule has 1 aliphatic heterocycles. The van der Waals surface area contributed by atoms with Crippen LogP contribution in [0.4, 0.5) is 4.79 Å². The van der Waals surface area contributed by atoms with Crippen molar-refractivity contribution < 1.29 is 19.4 Å². The molecule has 0 aliphatic carbocycles. The van der Waals surface area contributed by atoms with Gasteiger partial charge in [0.2, 0.25) is 0 Å². The van der Waals surface area contributed by atoms with Crippen LogP contribution in [0.15, 0.2) is 24.3 Å². The number of urea groups is 1. The van der Waals surface area contributed by atoms with Gasteiger partial charge in [-0.05, 0) is 43.9 Å².